The van der Waals surface area contributed by atoms with Crippen LogP contribution in [0.5, 0.6) is 0 Å². The Hall–Kier alpha value is -3.39. The largest absolute Gasteiger partial charge is 0.481 e. The lowest BCUT2D eigenvalue weighted by atomic mass is 9.97. The monoisotopic (exact) mass is 452 g/mol. The molecule has 1 unspecified atom stereocenters. The number of piperidine rings is 1. The van der Waals surface area contributed by atoms with Crippen molar-refractivity contribution in [2.45, 2.75) is 31.2 Å². The number of carboxylic acid groups (broad SMARTS) is 1. The van der Waals surface area contributed by atoms with E-state index in [0.29, 0.717) is 25.9 Å². The molecule has 0 spiro atoms. The molecule has 1 saturated heterocycles. The van der Waals surface area contributed by atoms with Gasteiger partial charge in [0.2, 0.25) is 5.91 Å². The van der Waals surface area contributed by atoms with Crippen molar-refractivity contribution in [3.8, 4) is 11.1 Å². The van der Waals surface area contributed by atoms with Crippen LogP contribution in [0.2, 0.25) is 0 Å². The lowest BCUT2D eigenvalue weighted by Gasteiger charge is -2.33. The second-order valence-corrected chi connectivity index (χ2v) is 8.57. The van der Waals surface area contributed by atoms with Gasteiger partial charge >= 0.3 is 12.1 Å². The van der Waals surface area contributed by atoms with Crippen LogP contribution < -0.4 is 5.32 Å². The van der Waals surface area contributed by atoms with Gasteiger partial charge in [-0.25, -0.2) is 4.79 Å². The Balaban J connectivity index is 1.40. The van der Waals surface area contributed by atoms with E-state index in [9.17, 15) is 24.6 Å². The van der Waals surface area contributed by atoms with E-state index in [4.69, 9.17) is 4.74 Å². The van der Waals surface area contributed by atoms with Crippen molar-refractivity contribution in [1.29, 1.82) is 0 Å². The van der Waals surface area contributed by atoms with Gasteiger partial charge in [0.1, 0.15) is 12.6 Å². The molecule has 1 aliphatic carbocycles. The minimum atomic E-state index is -1.20. The number of aliphatic hydroxyl groups is 1. The summed E-state index contributed by atoms with van der Waals surface area (Å²) in [4.78, 5) is 38.3. The molecule has 2 aromatic carbocycles. The maximum absolute atomic E-state index is 12.9. The van der Waals surface area contributed by atoms with Gasteiger partial charge in [0.25, 0.3) is 0 Å². The summed E-state index contributed by atoms with van der Waals surface area (Å²) < 4.78 is 5.48. The fourth-order valence-corrected chi connectivity index (χ4v) is 4.71. The molecule has 8 heteroatoms. The van der Waals surface area contributed by atoms with Crippen LogP contribution in [-0.2, 0) is 14.3 Å². The highest BCUT2D eigenvalue weighted by atomic mass is 16.5. The van der Waals surface area contributed by atoms with Gasteiger partial charge in [-0.05, 0) is 41.0 Å². The zero-order chi connectivity index (χ0) is 23.4. The van der Waals surface area contributed by atoms with Crippen LogP contribution in [0.3, 0.4) is 0 Å². The summed E-state index contributed by atoms with van der Waals surface area (Å²) >= 11 is 0. The van der Waals surface area contributed by atoms with E-state index in [0.717, 1.165) is 22.3 Å². The highest BCUT2D eigenvalue weighted by Gasteiger charge is 2.32. The highest BCUT2D eigenvalue weighted by molar-refractivity contribution is 5.89. The molecule has 1 fully saturated rings. The van der Waals surface area contributed by atoms with Crippen molar-refractivity contribution < 1.29 is 29.3 Å². The molecule has 1 aliphatic heterocycles. The molecule has 2 amide bonds. The SMILES string of the molecule is O=C(O)CC(NC(=O)OCC1c2ccccc2-c2ccccc21)C(=O)N1CCC(CO)CC1. The van der Waals surface area contributed by atoms with Gasteiger partial charge in [0, 0.05) is 25.6 Å². The number of benzene rings is 2. The lowest BCUT2D eigenvalue weighted by molar-refractivity contribution is -0.143. The molecule has 1 heterocycles. The van der Waals surface area contributed by atoms with Crippen molar-refractivity contribution >= 4 is 18.0 Å². The predicted octanol–water partition coefficient (Wildman–Crippen LogP) is 2.60. The van der Waals surface area contributed by atoms with Gasteiger partial charge in [-0.15, -0.1) is 0 Å². The Labute approximate surface area is 192 Å². The van der Waals surface area contributed by atoms with Crippen LogP contribution in [0.4, 0.5) is 4.79 Å². The van der Waals surface area contributed by atoms with Crippen molar-refractivity contribution in [2.75, 3.05) is 26.3 Å². The third-order valence-electron chi connectivity index (χ3n) is 6.50. The average molecular weight is 453 g/mol. The van der Waals surface area contributed by atoms with Gasteiger partial charge in [-0.3, -0.25) is 9.59 Å². The van der Waals surface area contributed by atoms with Crippen molar-refractivity contribution in [2.24, 2.45) is 5.92 Å². The molecular formula is C25H28N2O6. The fraction of sp³-hybridized carbons (Fsp3) is 0.400. The molecule has 8 nitrogen and oxygen atoms in total. The molecule has 0 bridgehead atoms. The standard InChI is InChI=1S/C25H28N2O6/c28-14-16-9-11-27(12-10-16)24(31)22(13-23(29)30)26-25(32)33-15-21-19-7-3-1-5-17(19)18-6-2-4-8-20(18)21/h1-8,16,21-22,28H,9-15H2,(H,26,32)(H,29,30). The van der Waals surface area contributed by atoms with Crippen LogP contribution in [0, 0.1) is 5.92 Å². The van der Waals surface area contributed by atoms with Crippen LogP contribution in [0.15, 0.2) is 48.5 Å². The van der Waals surface area contributed by atoms with Crippen LogP contribution in [-0.4, -0.2) is 65.4 Å². The number of hydrogen-bond acceptors (Lipinski definition) is 5. The lowest BCUT2D eigenvalue weighted by Crippen LogP contribution is -2.51. The molecule has 174 valence electrons. The minimum Gasteiger partial charge on any atom is -0.481 e. The second-order valence-electron chi connectivity index (χ2n) is 8.57. The van der Waals surface area contributed by atoms with Crippen LogP contribution >= 0.6 is 0 Å². The summed E-state index contributed by atoms with van der Waals surface area (Å²) in [6.07, 6.45) is -0.0511. The highest BCUT2D eigenvalue weighted by Crippen LogP contribution is 2.44. The number of aliphatic carboxylic acids is 1. The normalized spacial score (nSPS) is 16.6. The first-order valence-corrected chi connectivity index (χ1v) is 11.2. The molecule has 0 radical (unpaired) electrons. The predicted molar refractivity (Wildman–Crippen MR) is 121 cm³/mol. The Kier molecular flexibility index (Phi) is 6.93. The van der Waals surface area contributed by atoms with Crippen molar-refractivity contribution in [3.05, 3.63) is 59.7 Å². The first-order valence-electron chi connectivity index (χ1n) is 11.2. The quantitative estimate of drug-likeness (QED) is 0.595. The molecule has 1 atom stereocenters. The number of amides is 2. The van der Waals surface area contributed by atoms with E-state index in [1.807, 2.05) is 48.5 Å². The van der Waals surface area contributed by atoms with Crippen molar-refractivity contribution in [1.82, 2.24) is 10.2 Å². The average Bonchev–Trinajstić information content (AvgIpc) is 3.15. The van der Waals surface area contributed by atoms with E-state index in [1.54, 1.807) is 4.90 Å². The number of nitrogens with one attached hydrogen (secondary N) is 1. The second kappa shape index (κ2) is 10.0. The topological polar surface area (TPSA) is 116 Å². The zero-order valence-corrected chi connectivity index (χ0v) is 18.3. The number of alkyl carbamates (subject to hydrolysis) is 1. The van der Waals surface area contributed by atoms with E-state index < -0.39 is 30.4 Å². The number of aliphatic hydroxyl groups excluding tert-OH is 1. The number of hydrogen-bond donors (Lipinski definition) is 3. The number of carbonyl (C=O) groups excluding carboxylic acids is 2. The van der Waals surface area contributed by atoms with E-state index in [-0.39, 0.29) is 25.0 Å². The number of nitrogens with zero attached hydrogens (tertiary/aromatic N) is 1. The van der Waals surface area contributed by atoms with E-state index in [2.05, 4.69) is 5.32 Å². The molecule has 2 aromatic rings. The Morgan fingerprint density at radius 2 is 1.58 bits per heavy atom. The number of rotatable bonds is 7. The number of fused-ring (bicyclic) bond motifs is 3. The summed E-state index contributed by atoms with van der Waals surface area (Å²) in [5.74, 6) is -1.61. The van der Waals surface area contributed by atoms with Gasteiger partial charge < -0.3 is 25.2 Å². The van der Waals surface area contributed by atoms with E-state index >= 15 is 0 Å². The minimum absolute atomic E-state index is 0.0680. The van der Waals surface area contributed by atoms with Crippen LogP contribution in [0.1, 0.15) is 36.3 Å². The summed E-state index contributed by atoms with van der Waals surface area (Å²) in [6.45, 7) is 0.993. The van der Waals surface area contributed by atoms with Gasteiger partial charge in [0.05, 0.1) is 6.42 Å². The number of carboxylic acids is 1. The number of ether oxygens (including phenoxy) is 1. The molecular weight excluding hydrogens is 424 g/mol. The number of carbonyl (C=O) groups is 3. The Bertz CT molecular complexity index is 986. The molecule has 3 N–H and O–H groups in total. The summed E-state index contributed by atoms with van der Waals surface area (Å²) in [5.41, 5.74) is 4.34. The Morgan fingerprint density at radius 1 is 1.00 bits per heavy atom. The van der Waals surface area contributed by atoms with Crippen LogP contribution in [0.25, 0.3) is 11.1 Å². The Morgan fingerprint density at radius 3 is 2.12 bits per heavy atom. The molecule has 0 saturated carbocycles. The van der Waals surface area contributed by atoms with Crippen molar-refractivity contribution in [3.63, 3.8) is 0 Å². The number of likely N-dealkylation sites (tertiary alicyclic amines) is 1. The summed E-state index contributed by atoms with van der Waals surface area (Å²) in [7, 11) is 0. The molecule has 0 aromatic heterocycles. The zero-order valence-electron chi connectivity index (χ0n) is 18.3. The summed E-state index contributed by atoms with van der Waals surface area (Å²) in [5, 5.41) is 21.0. The maximum atomic E-state index is 12.9. The fourth-order valence-electron chi connectivity index (χ4n) is 4.71. The molecule has 33 heavy (non-hydrogen) atoms. The first-order chi connectivity index (χ1) is 16.0. The molecule has 2 aliphatic rings. The van der Waals surface area contributed by atoms with Gasteiger partial charge in [-0.2, -0.15) is 0 Å². The molecule has 4 rings (SSSR count). The van der Waals surface area contributed by atoms with E-state index in [1.165, 1.54) is 0 Å². The first kappa shape index (κ1) is 22.8. The summed E-state index contributed by atoms with van der Waals surface area (Å²) in [6, 6.07) is 14.7. The van der Waals surface area contributed by atoms with Gasteiger partial charge in [-0.1, -0.05) is 48.5 Å². The van der Waals surface area contributed by atoms with Gasteiger partial charge in [0.15, 0.2) is 0 Å². The smallest absolute Gasteiger partial charge is 0.407 e. The maximum Gasteiger partial charge on any atom is 0.407 e. The third-order valence-corrected chi connectivity index (χ3v) is 6.50. The third kappa shape index (κ3) is 5.01.